The largest absolute Gasteiger partial charge is 0.352 e. The van der Waals surface area contributed by atoms with Gasteiger partial charge in [-0.3, -0.25) is 13.9 Å². The molecular weight excluding hydrogens is 593 g/mol. The van der Waals surface area contributed by atoms with Crippen LogP contribution in [0.5, 0.6) is 0 Å². The highest BCUT2D eigenvalue weighted by atomic mass is 35.5. The van der Waals surface area contributed by atoms with Gasteiger partial charge in [-0.05, 0) is 56.0 Å². The molecule has 0 bridgehead atoms. The fraction of sp³-hybridized carbons (Fsp3) is 0.375. The molecule has 3 aromatic carbocycles. The summed E-state index contributed by atoms with van der Waals surface area (Å²) in [5.74, 6) is -0.474. The summed E-state index contributed by atoms with van der Waals surface area (Å²) in [5, 5.41) is 3.64. The summed E-state index contributed by atoms with van der Waals surface area (Å²) in [4.78, 5) is 29.2. The van der Waals surface area contributed by atoms with Gasteiger partial charge in [0.2, 0.25) is 21.8 Å². The fourth-order valence-electron chi connectivity index (χ4n) is 4.54. The van der Waals surface area contributed by atoms with Gasteiger partial charge >= 0.3 is 0 Å². The summed E-state index contributed by atoms with van der Waals surface area (Å²) < 4.78 is 26.5. The number of anilines is 1. The minimum absolute atomic E-state index is 0.0193. The van der Waals surface area contributed by atoms with E-state index >= 15 is 0 Å². The number of amides is 2. The predicted octanol–water partition coefficient (Wildman–Crippen LogP) is 6.40. The van der Waals surface area contributed by atoms with E-state index in [1.807, 2.05) is 75.4 Å². The first-order chi connectivity index (χ1) is 19.9. The van der Waals surface area contributed by atoms with Gasteiger partial charge in [-0.15, -0.1) is 0 Å². The minimum atomic E-state index is -3.71. The number of carbonyl (C=O) groups is 2. The minimum Gasteiger partial charge on any atom is -0.352 e. The maximum atomic E-state index is 13.9. The van der Waals surface area contributed by atoms with Gasteiger partial charge in [0, 0.05) is 37.0 Å². The molecule has 10 heteroatoms. The van der Waals surface area contributed by atoms with Crippen molar-refractivity contribution in [3.8, 4) is 0 Å². The molecule has 0 aliphatic rings. The first kappa shape index (κ1) is 33.4. The second kappa shape index (κ2) is 15.4. The van der Waals surface area contributed by atoms with E-state index in [0.717, 1.165) is 33.7 Å². The van der Waals surface area contributed by atoms with Crippen LogP contribution in [-0.4, -0.2) is 50.0 Å². The number of halogens is 2. The molecule has 226 valence electrons. The smallest absolute Gasteiger partial charge is 0.243 e. The molecule has 0 aliphatic carbocycles. The first-order valence-electron chi connectivity index (χ1n) is 14.0. The van der Waals surface area contributed by atoms with Gasteiger partial charge in [0.15, 0.2) is 0 Å². The highest BCUT2D eigenvalue weighted by Crippen LogP contribution is 2.31. The predicted molar refractivity (Wildman–Crippen MR) is 171 cm³/mol. The van der Waals surface area contributed by atoms with Crippen LogP contribution in [0.3, 0.4) is 0 Å². The lowest BCUT2D eigenvalue weighted by Gasteiger charge is -2.33. The van der Waals surface area contributed by atoms with Crippen molar-refractivity contribution in [2.75, 3.05) is 17.1 Å². The van der Waals surface area contributed by atoms with Crippen molar-refractivity contribution in [3.63, 3.8) is 0 Å². The van der Waals surface area contributed by atoms with Crippen molar-refractivity contribution in [1.29, 1.82) is 0 Å². The number of sulfonamides is 1. The molecule has 0 saturated heterocycles. The lowest BCUT2D eigenvalue weighted by Crippen LogP contribution is -2.52. The van der Waals surface area contributed by atoms with E-state index in [1.165, 1.54) is 12.1 Å². The monoisotopic (exact) mass is 631 g/mol. The molecule has 7 nitrogen and oxygen atoms in total. The zero-order chi connectivity index (χ0) is 30.9. The Morgan fingerprint density at radius 3 is 2.24 bits per heavy atom. The van der Waals surface area contributed by atoms with Crippen molar-refractivity contribution in [1.82, 2.24) is 10.2 Å². The van der Waals surface area contributed by atoms with Crippen LogP contribution in [0, 0.1) is 6.92 Å². The fourth-order valence-corrected chi connectivity index (χ4v) is 5.95. The van der Waals surface area contributed by atoms with E-state index in [9.17, 15) is 18.0 Å². The SMILES string of the molecule is CC[C@H](C)NC(=O)[C@H](Cc1ccccc1)N(Cc1ccc(C)cc1)C(=O)CCCN(c1cc(Cl)ccc1Cl)S(C)(=O)=O. The Kier molecular flexibility index (Phi) is 12.3. The Morgan fingerprint density at radius 2 is 1.62 bits per heavy atom. The van der Waals surface area contributed by atoms with Gasteiger partial charge in [0.05, 0.1) is 17.0 Å². The van der Waals surface area contributed by atoms with Crippen molar-refractivity contribution in [3.05, 3.63) is 99.5 Å². The summed E-state index contributed by atoms with van der Waals surface area (Å²) in [6.07, 6.45) is 2.42. The summed E-state index contributed by atoms with van der Waals surface area (Å²) in [6, 6.07) is 21.3. The topological polar surface area (TPSA) is 86.8 Å². The van der Waals surface area contributed by atoms with Gasteiger partial charge in [-0.1, -0.05) is 90.3 Å². The molecule has 2 amide bonds. The van der Waals surface area contributed by atoms with Crippen LogP contribution in [0.15, 0.2) is 72.8 Å². The molecule has 0 fully saturated rings. The highest BCUT2D eigenvalue weighted by Gasteiger charge is 2.31. The Balaban J connectivity index is 1.90. The van der Waals surface area contributed by atoms with Crippen LogP contribution in [0.2, 0.25) is 10.0 Å². The van der Waals surface area contributed by atoms with Crippen molar-refractivity contribution >= 4 is 50.7 Å². The Hall–Kier alpha value is -3.07. The lowest BCUT2D eigenvalue weighted by atomic mass is 10.0. The van der Waals surface area contributed by atoms with E-state index in [-0.39, 0.29) is 54.5 Å². The van der Waals surface area contributed by atoms with Crippen LogP contribution >= 0.6 is 23.2 Å². The van der Waals surface area contributed by atoms with Crippen molar-refractivity contribution in [2.24, 2.45) is 0 Å². The van der Waals surface area contributed by atoms with E-state index < -0.39 is 16.1 Å². The molecule has 0 heterocycles. The van der Waals surface area contributed by atoms with Gasteiger partial charge < -0.3 is 10.2 Å². The molecule has 0 radical (unpaired) electrons. The van der Waals surface area contributed by atoms with Gasteiger partial charge in [-0.2, -0.15) is 0 Å². The summed E-state index contributed by atoms with van der Waals surface area (Å²) in [7, 11) is -3.71. The van der Waals surface area contributed by atoms with Crippen LogP contribution < -0.4 is 9.62 Å². The van der Waals surface area contributed by atoms with E-state index in [2.05, 4.69) is 5.32 Å². The summed E-state index contributed by atoms with van der Waals surface area (Å²) in [6.45, 7) is 6.17. The molecule has 3 aromatic rings. The van der Waals surface area contributed by atoms with Crippen LogP contribution in [0.25, 0.3) is 0 Å². The highest BCUT2D eigenvalue weighted by molar-refractivity contribution is 7.92. The Bertz CT molecular complexity index is 1450. The number of carbonyl (C=O) groups excluding carboxylic acids is 2. The number of hydrogen-bond acceptors (Lipinski definition) is 4. The molecule has 3 rings (SSSR count). The molecular formula is C32H39Cl2N3O4S. The number of nitrogens with zero attached hydrogens (tertiary/aromatic N) is 2. The van der Waals surface area contributed by atoms with Crippen molar-refractivity contribution in [2.45, 2.75) is 65.1 Å². The molecule has 0 spiro atoms. The molecule has 2 atom stereocenters. The average Bonchev–Trinajstić information content (AvgIpc) is 2.95. The van der Waals surface area contributed by atoms with E-state index in [1.54, 1.807) is 11.0 Å². The molecule has 0 saturated carbocycles. The zero-order valence-corrected chi connectivity index (χ0v) is 26.8. The molecule has 1 N–H and O–H groups in total. The molecule has 0 unspecified atom stereocenters. The van der Waals surface area contributed by atoms with Crippen LogP contribution in [0.4, 0.5) is 5.69 Å². The maximum Gasteiger partial charge on any atom is 0.243 e. The number of hydrogen-bond donors (Lipinski definition) is 1. The number of aryl methyl sites for hydroxylation is 1. The molecule has 42 heavy (non-hydrogen) atoms. The molecule has 0 aromatic heterocycles. The summed E-state index contributed by atoms with van der Waals surface area (Å²) >= 11 is 12.4. The maximum absolute atomic E-state index is 13.9. The number of rotatable bonds is 14. The standard InChI is InChI=1S/C32H39Cl2N3O4S/c1-5-24(3)35-32(39)30(20-25-10-7-6-8-11-25)36(22-26-15-13-23(2)14-16-26)31(38)12-9-19-37(42(4,40)41)29-21-27(33)17-18-28(29)34/h6-8,10-11,13-18,21,24,30H,5,9,12,19-20,22H2,1-4H3,(H,35,39)/t24-,30-/m0/s1. The Morgan fingerprint density at radius 1 is 0.952 bits per heavy atom. The second-order valence-electron chi connectivity index (χ2n) is 10.6. The second-order valence-corrected chi connectivity index (χ2v) is 13.3. The van der Waals surface area contributed by atoms with Crippen LogP contribution in [-0.2, 0) is 32.6 Å². The Labute approximate surface area is 259 Å². The number of benzene rings is 3. The molecule has 0 aliphatic heterocycles. The van der Waals surface area contributed by atoms with Crippen molar-refractivity contribution < 1.29 is 18.0 Å². The van der Waals surface area contributed by atoms with E-state index in [4.69, 9.17) is 23.2 Å². The third-order valence-electron chi connectivity index (χ3n) is 7.07. The first-order valence-corrected chi connectivity index (χ1v) is 16.6. The van der Waals surface area contributed by atoms with Gasteiger partial charge in [-0.25, -0.2) is 8.42 Å². The quantitative estimate of drug-likeness (QED) is 0.223. The van der Waals surface area contributed by atoms with Gasteiger partial charge in [0.1, 0.15) is 6.04 Å². The van der Waals surface area contributed by atoms with Crippen LogP contribution in [0.1, 0.15) is 49.8 Å². The van der Waals surface area contributed by atoms with Gasteiger partial charge in [0.25, 0.3) is 0 Å². The normalized spacial score (nSPS) is 12.8. The zero-order valence-electron chi connectivity index (χ0n) is 24.5. The summed E-state index contributed by atoms with van der Waals surface area (Å²) in [5.41, 5.74) is 3.17. The lowest BCUT2D eigenvalue weighted by molar-refractivity contribution is -0.141. The third-order valence-corrected chi connectivity index (χ3v) is 8.81. The number of nitrogens with one attached hydrogen (secondary N) is 1. The average molecular weight is 633 g/mol. The third kappa shape index (κ3) is 9.75. The van der Waals surface area contributed by atoms with E-state index in [0.29, 0.717) is 11.4 Å².